The number of rotatable bonds is 3. The number of sulfonamides is 1. The van der Waals surface area contributed by atoms with E-state index in [2.05, 4.69) is 0 Å². The van der Waals surface area contributed by atoms with Gasteiger partial charge in [-0.25, -0.2) is 0 Å². The fraction of sp³-hybridized carbons (Fsp3) is 0.143. The Morgan fingerprint density at radius 2 is 1.56 bits per heavy atom. The predicted octanol–water partition coefficient (Wildman–Crippen LogP) is -1.52. The van der Waals surface area contributed by atoms with E-state index in [0.29, 0.717) is 3.79 Å². The molecular formula is C7H13ClNNaO5S. The minimum atomic E-state index is -3.46. The summed E-state index contributed by atoms with van der Waals surface area (Å²) in [5, 5.41) is 0. The van der Waals surface area contributed by atoms with Crippen LogP contribution in [0.25, 0.3) is 0 Å². The summed E-state index contributed by atoms with van der Waals surface area (Å²) in [7, 11) is -3.46. The van der Waals surface area contributed by atoms with Gasteiger partial charge < -0.3 is 16.4 Å². The van der Waals surface area contributed by atoms with Crippen LogP contribution in [0.15, 0.2) is 35.2 Å². The number of hydrogen-bond donors (Lipinski definition) is 0. The van der Waals surface area contributed by atoms with Gasteiger partial charge in [-0.15, -0.1) is 0 Å². The molecule has 0 bridgehead atoms. The Hall–Kier alpha value is 0.300. The number of halogens is 1. The molecule has 6 N–H and O–H groups in total. The third-order valence-corrected chi connectivity index (χ3v) is 5.47. The molecule has 0 aliphatic heterocycles. The van der Waals surface area contributed by atoms with E-state index in [1.165, 1.54) is 12.1 Å². The second-order valence-electron chi connectivity index (χ2n) is 2.42. The number of hydrogen-bond acceptors (Lipinski definition) is 2. The molecule has 6 nitrogen and oxygen atoms in total. The zero-order chi connectivity index (χ0) is 9.90. The monoisotopic (exact) mass is 281 g/mol. The number of benzene rings is 1. The molecule has 0 aliphatic carbocycles. The molecule has 9 heteroatoms. The maximum atomic E-state index is 11.6. The SMILES string of the molecule is O.O.O.O=S(=O)(c1ccccc1)N(Cl)[CH2][Na]. The van der Waals surface area contributed by atoms with E-state index in [-0.39, 0.29) is 21.3 Å². The standard InChI is InChI=1S/C7H7ClNO2S.Na.3H2O/c1-9(8)12(10,11)7-5-3-2-4-6-7;;;;/h2-6H,1H2;;3*1H2. The van der Waals surface area contributed by atoms with E-state index < -0.39 is 10.0 Å². The van der Waals surface area contributed by atoms with Crippen molar-refractivity contribution in [2.75, 3.05) is 3.79 Å². The molecule has 1 aromatic carbocycles. The van der Waals surface area contributed by atoms with Crippen molar-refractivity contribution in [3.8, 4) is 0 Å². The van der Waals surface area contributed by atoms with Crippen LogP contribution in [0.3, 0.4) is 0 Å². The van der Waals surface area contributed by atoms with Gasteiger partial charge in [0.2, 0.25) is 0 Å². The van der Waals surface area contributed by atoms with Crippen LogP contribution in [-0.4, -0.2) is 60.4 Å². The molecule has 0 atom stereocenters. The first-order valence-electron chi connectivity index (χ1n) is 3.82. The van der Waals surface area contributed by atoms with Gasteiger partial charge in [-0.2, -0.15) is 0 Å². The van der Waals surface area contributed by atoms with Crippen LogP contribution in [-0.2, 0) is 10.0 Å². The van der Waals surface area contributed by atoms with Crippen molar-refractivity contribution in [2.45, 2.75) is 4.90 Å². The van der Waals surface area contributed by atoms with Gasteiger partial charge in [0.05, 0.1) is 0 Å². The second kappa shape index (κ2) is 9.34. The average molecular weight is 282 g/mol. The Bertz CT molecular complexity index is 374. The van der Waals surface area contributed by atoms with Gasteiger partial charge in [0, 0.05) is 0 Å². The number of nitrogens with zero attached hydrogens (tertiary/aromatic N) is 1. The zero-order valence-corrected chi connectivity index (χ0v) is 12.2. The van der Waals surface area contributed by atoms with Gasteiger partial charge in [-0.3, -0.25) is 0 Å². The molecule has 1 rings (SSSR count). The van der Waals surface area contributed by atoms with E-state index in [1.54, 1.807) is 18.2 Å². The molecule has 16 heavy (non-hydrogen) atoms. The van der Waals surface area contributed by atoms with Crippen LogP contribution in [0.1, 0.15) is 0 Å². The third kappa shape index (κ3) is 5.09. The van der Waals surface area contributed by atoms with Gasteiger partial charge >= 0.3 is 101 Å². The molecule has 0 aliphatic rings. The first-order valence-corrected chi connectivity index (χ1v) is 7.02. The predicted molar refractivity (Wildman–Crippen MR) is 62.8 cm³/mol. The van der Waals surface area contributed by atoms with E-state index in [9.17, 15) is 8.42 Å². The van der Waals surface area contributed by atoms with E-state index in [1.807, 2.05) is 0 Å². The third-order valence-electron chi connectivity index (χ3n) is 1.55. The summed E-state index contributed by atoms with van der Waals surface area (Å²) in [6.45, 7) is 0. The molecule has 0 saturated heterocycles. The van der Waals surface area contributed by atoms with Gasteiger partial charge in [0.1, 0.15) is 0 Å². The van der Waals surface area contributed by atoms with E-state index >= 15 is 0 Å². The van der Waals surface area contributed by atoms with Crippen LogP contribution >= 0.6 is 11.8 Å². The second-order valence-corrected chi connectivity index (χ2v) is 5.53. The van der Waals surface area contributed by atoms with Gasteiger partial charge in [-0.1, -0.05) is 0 Å². The molecular weight excluding hydrogens is 269 g/mol. The fourth-order valence-electron chi connectivity index (χ4n) is 0.877. The molecule has 0 fully saturated rings. The quantitative estimate of drug-likeness (QED) is 0.492. The summed E-state index contributed by atoms with van der Waals surface area (Å²) < 4.78 is 24.4. The molecule has 0 heterocycles. The molecule has 1 aromatic rings. The van der Waals surface area contributed by atoms with E-state index in [4.69, 9.17) is 11.8 Å². The van der Waals surface area contributed by atoms with Crippen molar-refractivity contribution < 1.29 is 24.8 Å². The van der Waals surface area contributed by atoms with Crippen molar-refractivity contribution in [2.24, 2.45) is 0 Å². The molecule has 0 spiro atoms. The van der Waals surface area contributed by atoms with Crippen molar-refractivity contribution in [1.29, 1.82) is 0 Å². The summed E-state index contributed by atoms with van der Waals surface area (Å²) in [6.07, 6.45) is 0. The van der Waals surface area contributed by atoms with Crippen molar-refractivity contribution in [3.63, 3.8) is 0 Å². The maximum absolute atomic E-state index is 11.6. The van der Waals surface area contributed by atoms with Crippen LogP contribution in [0, 0.1) is 0 Å². The molecule has 0 unspecified atom stereocenters. The summed E-state index contributed by atoms with van der Waals surface area (Å²) in [5.41, 5.74) is 0. The Balaban J connectivity index is -0.000000563. The van der Waals surface area contributed by atoms with Crippen molar-refractivity contribution in [3.05, 3.63) is 30.3 Å². The van der Waals surface area contributed by atoms with Crippen LogP contribution in [0.2, 0.25) is 0 Å². The summed E-state index contributed by atoms with van der Waals surface area (Å²) >= 11 is 6.29. The fourth-order valence-corrected chi connectivity index (χ4v) is 3.21. The van der Waals surface area contributed by atoms with E-state index in [0.717, 1.165) is 31.8 Å². The van der Waals surface area contributed by atoms with Crippen LogP contribution in [0.4, 0.5) is 0 Å². The Kier molecular flexibility index (Phi) is 12.6. The summed E-state index contributed by atoms with van der Waals surface area (Å²) in [4.78, 5) is 0.237. The van der Waals surface area contributed by atoms with Crippen LogP contribution < -0.4 is 0 Å². The molecule has 0 aromatic heterocycles. The van der Waals surface area contributed by atoms with Gasteiger partial charge in [0.15, 0.2) is 0 Å². The first kappa shape index (κ1) is 21.6. The molecule has 90 valence electrons. The topological polar surface area (TPSA) is 132 Å². The molecule has 0 amide bonds. The average Bonchev–Trinajstić information content (AvgIpc) is 2.18. The van der Waals surface area contributed by atoms with Crippen LogP contribution in [0.5, 0.6) is 0 Å². The summed E-state index contributed by atoms with van der Waals surface area (Å²) in [6, 6.07) is 8.16. The first-order chi connectivity index (χ1) is 6.09. The Labute approximate surface area is 117 Å². The molecule has 0 saturated carbocycles. The Morgan fingerprint density at radius 3 is 1.94 bits per heavy atom. The van der Waals surface area contributed by atoms with Gasteiger partial charge in [-0.05, 0) is 0 Å². The minimum absolute atomic E-state index is 0. The van der Waals surface area contributed by atoms with Gasteiger partial charge in [0.25, 0.3) is 0 Å². The van der Waals surface area contributed by atoms with Crippen molar-refractivity contribution >= 4 is 49.7 Å². The normalized spacial score (nSPS) is 9.75. The summed E-state index contributed by atoms with van der Waals surface area (Å²) in [5.74, 6) is 0. The Morgan fingerprint density at radius 1 is 1.12 bits per heavy atom. The zero-order valence-electron chi connectivity index (χ0n) is 8.64. The van der Waals surface area contributed by atoms with Crippen molar-refractivity contribution in [1.82, 2.24) is 3.82 Å². The molecule has 0 radical (unpaired) electrons.